The first kappa shape index (κ1) is 19.6. The fourth-order valence-corrected chi connectivity index (χ4v) is 3.89. The van der Waals surface area contributed by atoms with E-state index in [4.69, 9.17) is 5.11 Å². The summed E-state index contributed by atoms with van der Waals surface area (Å²) in [5.41, 5.74) is 1.97. The number of carbonyl (C=O) groups is 4. The number of aryl methyl sites for hydroxylation is 1. The summed E-state index contributed by atoms with van der Waals surface area (Å²) in [5, 5.41) is 10.3. The molecule has 0 aromatic heterocycles. The van der Waals surface area contributed by atoms with Crippen molar-refractivity contribution in [2.45, 2.75) is 25.0 Å². The number of nitrogens with zero attached hydrogens (tertiary/aromatic N) is 1. The number of anilines is 2. The van der Waals surface area contributed by atoms with Gasteiger partial charge < -0.3 is 10.4 Å². The summed E-state index contributed by atoms with van der Waals surface area (Å²) in [7, 11) is 0. The zero-order valence-corrected chi connectivity index (χ0v) is 15.9. The molecule has 8 heteroatoms. The van der Waals surface area contributed by atoms with E-state index in [0.29, 0.717) is 17.8 Å². The Kier molecular flexibility index (Phi) is 5.79. The van der Waals surface area contributed by atoms with Crippen LogP contribution in [0.15, 0.2) is 48.5 Å². The molecule has 28 heavy (non-hydrogen) atoms. The van der Waals surface area contributed by atoms with Gasteiger partial charge in [-0.15, -0.1) is 0 Å². The first-order chi connectivity index (χ1) is 13.4. The van der Waals surface area contributed by atoms with Crippen LogP contribution in [0.2, 0.25) is 0 Å². The van der Waals surface area contributed by atoms with Crippen LogP contribution in [0.3, 0.4) is 0 Å². The Hall–Kier alpha value is -3.13. The predicted molar refractivity (Wildman–Crippen MR) is 107 cm³/mol. The first-order valence-corrected chi connectivity index (χ1v) is 9.54. The van der Waals surface area contributed by atoms with Gasteiger partial charge in [-0.1, -0.05) is 25.1 Å². The molecule has 0 radical (unpaired) electrons. The number of para-hydroxylation sites is 1. The highest BCUT2D eigenvalue weighted by atomic mass is 32.2. The Morgan fingerprint density at radius 2 is 1.79 bits per heavy atom. The fraction of sp³-hybridized carbons (Fsp3) is 0.200. The second kappa shape index (κ2) is 8.26. The third-order valence-corrected chi connectivity index (χ3v) is 5.36. The molecule has 0 bridgehead atoms. The highest BCUT2D eigenvalue weighted by molar-refractivity contribution is 8.15. The second-order valence-corrected chi connectivity index (χ2v) is 7.32. The molecule has 0 aliphatic carbocycles. The van der Waals surface area contributed by atoms with Crippen molar-refractivity contribution in [3.05, 3.63) is 59.7 Å². The predicted octanol–water partition coefficient (Wildman–Crippen LogP) is 3.54. The lowest BCUT2D eigenvalue weighted by Crippen LogP contribution is -2.33. The Labute approximate surface area is 165 Å². The van der Waals surface area contributed by atoms with Crippen LogP contribution in [-0.2, 0) is 16.0 Å². The van der Waals surface area contributed by atoms with Gasteiger partial charge in [0.05, 0.1) is 11.3 Å². The summed E-state index contributed by atoms with van der Waals surface area (Å²) >= 11 is 0.840. The maximum Gasteiger partial charge on any atom is 0.335 e. The number of thioether (sulfide) groups is 1. The van der Waals surface area contributed by atoms with Crippen molar-refractivity contribution in [1.82, 2.24) is 0 Å². The van der Waals surface area contributed by atoms with Gasteiger partial charge in [-0.2, -0.15) is 0 Å². The Morgan fingerprint density at radius 1 is 1.11 bits per heavy atom. The fourth-order valence-electron chi connectivity index (χ4n) is 2.91. The molecule has 1 unspecified atom stereocenters. The van der Waals surface area contributed by atoms with Crippen molar-refractivity contribution in [2.24, 2.45) is 0 Å². The number of carboxylic acid groups (broad SMARTS) is 1. The number of carboxylic acids is 1. The number of carbonyl (C=O) groups excluding carboxylic acids is 3. The van der Waals surface area contributed by atoms with Gasteiger partial charge in [-0.05, 0) is 54.1 Å². The van der Waals surface area contributed by atoms with Crippen LogP contribution < -0.4 is 10.2 Å². The van der Waals surface area contributed by atoms with Crippen LogP contribution in [0.25, 0.3) is 0 Å². The molecule has 0 spiro atoms. The maximum atomic E-state index is 12.7. The van der Waals surface area contributed by atoms with Gasteiger partial charge in [0.15, 0.2) is 0 Å². The van der Waals surface area contributed by atoms with Crippen molar-refractivity contribution in [3.8, 4) is 0 Å². The van der Waals surface area contributed by atoms with Gasteiger partial charge in [-0.25, -0.2) is 9.69 Å². The molecule has 1 heterocycles. The largest absolute Gasteiger partial charge is 0.478 e. The number of nitrogens with one attached hydrogen (secondary N) is 1. The molecule has 2 N–H and O–H groups in total. The van der Waals surface area contributed by atoms with E-state index in [0.717, 1.165) is 22.2 Å². The van der Waals surface area contributed by atoms with Crippen LogP contribution in [0.1, 0.15) is 29.3 Å². The zero-order chi connectivity index (χ0) is 20.3. The van der Waals surface area contributed by atoms with Gasteiger partial charge in [-0.3, -0.25) is 14.4 Å². The summed E-state index contributed by atoms with van der Waals surface area (Å²) in [6, 6.07) is 12.9. The Morgan fingerprint density at radius 3 is 2.43 bits per heavy atom. The molecule has 1 saturated heterocycles. The van der Waals surface area contributed by atoms with Crippen LogP contribution in [0.4, 0.5) is 16.2 Å². The number of aromatic carboxylic acids is 1. The number of imide groups is 1. The van der Waals surface area contributed by atoms with Gasteiger partial charge in [0.1, 0.15) is 5.25 Å². The van der Waals surface area contributed by atoms with Crippen LogP contribution in [0, 0.1) is 0 Å². The van der Waals surface area contributed by atoms with E-state index >= 15 is 0 Å². The van der Waals surface area contributed by atoms with E-state index in [1.807, 2.05) is 19.1 Å². The SMILES string of the molecule is CCc1ccccc1N1C(=O)SC(CC(=O)Nc2ccc(C(=O)O)cc2)C1=O. The summed E-state index contributed by atoms with van der Waals surface area (Å²) in [4.78, 5) is 49.4. The normalized spacial score (nSPS) is 16.3. The van der Waals surface area contributed by atoms with Crippen molar-refractivity contribution in [2.75, 3.05) is 10.2 Å². The van der Waals surface area contributed by atoms with Crippen molar-refractivity contribution < 1.29 is 24.3 Å². The van der Waals surface area contributed by atoms with E-state index in [1.54, 1.807) is 12.1 Å². The third-order valence-electron chi connectivity index (χ3n) is 4.32. The monoisotopic (exact) mass is 398 g/mol. The van der Waals surface area contributed by atoms with E-state index in [-0.39, 0.29) is 12.0 Å². The Balaban J connectivity index is 1.68. The number of benzene rings is 2. The molecular weight excluding hydrogens is 380 g/mol. The lowest BCUT2D eigenvalue weighted by molar-refractivity contribution is -0.121. The number of amides is 3. The molecule has 1 atom stereocenters. The second-order valence-electron chi connectivity index (χ2n) is 6.16. The van der Waals surface area contributed by atoms with Crippen molar-refractivity contribution in [3.63, 3.8) is 0 Å². The number of hydrogen-bond donors (Lipinski definition) is 2. The summed E-state index contributed by atoms with van der Waals surface area (Å²) in [5.74, 6) is -1.89. The molecule has 2 aromatic carbocycles. The molecule has 3 amide bonds. The highest BCUT2D eigenvalue weighted by Crippen LogP contribution is 2.35. The third kappa shape index (κ3) is 4.07. The molecule has 144 valence electrons. The number of rotatable bonds is 6. The smallest absolute Gasteiger partial charge is 0.335 e. The zero-order valence-electron chi connectivity index (χ0n) is 15.0. The van der Waals surface area contributed by atoms with Crippen molar-refractivity contribution in [1.29, 1.82) is 0 Å². The molecule has 1 aliphatic heterocycles. The first-order valence-electron chi connectivity index (χ1n) is 8.66. The minimum absolute atomic E-state index is 0.107. The molecule has 3 rings (SSSR count). The van der Waals surface area contributed by atoms with E-state index in [1.165, 1.54) is 24.3 Å². The molecule has 7 nitrogen and oxygen atoms in total. The summed E-state index contributed by atoms with van der Waals surface area (Å²) in [6.45, 7) is 1.94. The lowest BCUT2D eigenvalue weighted by atomic mass is 10.1. The summed E-state index contributed by atoms with van der Waals surface area (Å²) in [6.07, 6.45) is 0.524. The average Bonchev–Trinajstić information content (AvgIpc) is 2.95. The van der Waals surface area contributed by atoms with Gasteiger partial charge in [0, 0.05) is 12.1 Å². The number of hydrogen-bond acceptors (Lipinski definition) is 5. The average molecular weight is 398 g/mol. The summed E-state index contributed by atoms with van der Waals surface area (Å²) < 4.78 is 0. The molecule has 1 aliphatic rings. The van der Waals surface area contributed by atoms with E-state index in [2.05, 4.69) is 5.32 Å². The highest BCUT2D eigenvalue weighted by Gasteiger charge is 2.42. The topological polar surface area (TPSA) is 104 Å². The minimum Gasteiger partial charge on any atom is -0.478 e. The van der Waals surface area contributed by atoms with Gasteiger partial charge in [0.2, 0.25) is 11.8 Å². The van der Waals surface area contributed by atoms with E-state index < -0.39 is 28.3 Å². The van der Waals surface area contributed by atoms with Crippen LogP contribution >= 0.6 is 11.8 Å². The van der Waals surface area contributed by atoms with Gasteiger partial charge >= 0.3 is 5.97 Å². The minimum atomic E-state index is -1.06. The Bertz CT molecular complexity index is 942. The molecule has 2 aromatic rings. The van der Waals surface area contributed by atoms with Crippen LogP contribution in [0.5, 0.6) is 0 Å². The van der Waals surface area contributed by atoms with Crippen LogP contribution in [-0.4, -0.2) is 33.4 Å². The molecule has 1 fully saturated rings. The standard InChI is InChI=1S/C20H18N2O5S/c1-2-12-5-3-4-6-15(12)22-18(24)16(28-20(22)27)11-17(23)21-14-9-7-13(8-10-14)19(25)26/h3-10,16H,2,11H2,1H3,(H,21,23)(H,25,26). The van der Waals surface area contributed by atoms with E-state index in [9.17, 15) is 19.2 Å². The molecule has 0 saturated carbocycles. The quantitative estimate of drug-likeness (QED) is 0.771. The lowest BCUT2D eigenvalue weighted by Gasteiger charge is -2.17. The van der Waals surface area contributed by atoms with Gasteiger partial charge in [0.25, 0.3) is 5.24 Å². The van der Waals surface area contributed by atoms with Crippen molar-refractivity contribution >= 4 is 46.2 Å². The maximum absolute atomic E-state index is 12.7. The molecular formula is C20H18N2O5S.